The highest BCUT2D eigenvalue weighted by Crippen LogP contribution is 2.32. The first-order valence-corrected chi connectivity index (χ1v) is 6.54. The van der Waals surface area contributed by atoms with Gasteiger partial charge in [0.1, 0.15) is 0 Å². The lowest BCUT2D eigenvalue weighted by Crippen LogP contribution is -2.35. The molecule has 1 aromatic carbocycles. The molecule has 2 rings (SSSR count). The Kier molecular flexibility index (Phi) is 4.63. The lowest BCUT2D eigenvalue weighted by Gasteiger charge is -2.17. The van der Waals surface area contributed by atoms with Crippen molar-refractivity contribution < 1.29 is 14.3 Å². The van der Waals surface area contributed by atoms with Crippen molar-refractivity contribution in [2.45, 2.75) is 19.9 Å². The Bertz CT molecular complexity index is 448. The summed E-state index contributed by atoms with van der Waals surface area (Å²) in [6.07, 6.45) is 1.03. The molecule has 0 saturated carbocycles. The van der Waals surface area contributed by atoms with Crippen LogP contribution in [0.4, 0.5) is 0 Å². The molecule has 1 amide bonds. The summed E-state index contributed by atoms with van der Waals surface area (Å²) in [5.74, 6) is 1.61. The van der Waals surface area contributed by atoms with Gasteiger partial charge < -0.3 is 19.7 Å². The summed E-state index contributed by atoms with van der Waals surface area (Å²) in [7, 11) is 1.81. The van der Waals surface area contributed by atoms with Crippen LogP contribution in [0.5, 0.6) is 11.5 Å². The van der Waals surface area contributed by atoms with Gasteiger partial charge in [0.05, 0.1) is 6.54 Å². The molecule has 1 aliphatic heterocycles. The Morgan fingerprint density at radius 2 is 2.16 bits per heavy atom. The molecule has 0 bridgehead atoms. The summed E-state index contributed by atoms with van der Waals surface area (Å²) in [5.41, 5.74) is 1.04. The van der Waals surface area contributed by atoms with Gasteiger partial charge in [0.2, 0.25) is 12.7 Å². The Morgan fingerprint density at radius 1 is 1.37 bits per heavy atom. The van der Waals surface area contributed by atoms with Gasteiger partial charge in [-0.3, -0.25) is 4.79 Å². The number of rotatable bonds is 6. The molecular weight excluding hydrogens is 244 g/mol. The number of carbonyl (C=O) groups is 1. The molecule has 0 aromatic heterocycles. The van der Waals surface area contributed by atoms with E-state index in [4.69, 9.17) is 9.47 Å². The van der Waals surface area contributed by atoms with Crippen LogP contribution >= 0.6 is 0 Å². The summed E-state index contributed by atoms with van der Waals surface area (Å²) in [6, 6.07) is 5.76. The topological polar surface area (TPSA) is 50.8 Å². The average molecular weight is 264 g/mol. The minimum Gasteiger partial charge on any atom is -0.454 e. The van der Waals surface area contributed by atoms with Crippen molar-refractivity contribution in [3.63, 3.8) is 0 Å². The molecule has 0 aliphatic carbocycles. The van der Waals surface area contributed by atoms with Gasteiger partial charge in [-0.1, -0.05) is 13.0 Å². The molecule has 1 aliphatic rings. The third kappa shape index (κ3) is 3.61. The highest BCUT2D eigenvalue weighted by molar-refractivity contribution is 5.78. The highest BCUT2D eigenvalue weighted by atomic mass is 16.7. The fourth-order valence-electron chi connectivity index (χ4n) is 1.91. The maximum Gasteiger partial charge on any atom is 0.236 e. The van der Waals surface area contributed by atoms with Crippen LogP contribution in [-0.4, -0.2) is 37.7 Å². The van der Waals surface area contributed by atoms with Crippen molar-refractivity contribution in [3.05, 3.63) is 23.8 Å². The first kappa shape index (κ1) is 13.7. The standard InChI is InChI=1S/C14H20N2O3/c1-3-6-15-8-14(17)16(2)9-11-4-5-12-13(7-11)19-10-18-12/h4-5,7,15H,3,6,8-10H2,1-2H3. The van der Waals surface area contributed by atoms with Crippen LogP contribution in [0.2, 0.25) is 0 Å². The molecular formula is C14H20N2O3. The maximum absolute atomic E-state index is 11.9. The molecule has 0 saturated heterocycles. The lowest BCUT2D eigenvalue weighted by molar-refractivity contribution is -0.129. The van der Waals surface area contributed by atoms with Crippen LogP contribution < -0.4 is 14.8 Å². The zero-order valence-corrected chi connectivity index (χ0v) is 11.4. The van der Waals surface area contributed by atoms with Gasteiger partial charge in [-0.15, -0.1) is 0 Å². The molecule has 0 atom stereocenters. The number of nitrogens with zero attached hydrogens (tertiary/aromatic N) is 1. The van der Waals surface area contributed by atoms with Gasteiger partial charge >= 0.3 is 0 Å². The predicted molar refractivity (Wildman–Crippen MR) is 72.2 cm³/mol. The van der Waals surface area contributed by atoms with Gasteiger partial charge in [-0.05, 0) is 30.7 Å². The number of hydrogen-bond acceptors (Lipinski definition) is 4. The molecule has 104 valence electrons. The second kappa shape index (κ2) is 6.43. The van der Waals surface area contributed by atoms with Crippen molar-refractivity contribution in [1.29, 1.82) is 0 Å². The van der Waals surface area contributed by atoms with E-state index in [1.54, 1.807) is 11.9 Å². The number of fused-ring (bicyclic) bond motifs is 1. The van der Waals surface area contributed by atoms with Crippen molar-refractivity contribution >= 4 is 5.91 Å². The normalized spacial score (nSPS) is 12.5. The highest BCUT2D eigenvalue weighted by Gasteiger charge is 2.15. The number of ether oxygens (including phenoxy) is 2. The van der Waals surface area contributed by atoms with E-state index in [1.165, 1.54) is 0 Å². The van der Waals surface area contributed by atoms with Crippen molar-refractivity contribution in [2.24, 2.45) is 0 Å². The zero-order valence-electron chi connectivity index (χ0n) is 11.4. The van der Waals surface area contributed by atoms with Gasteiger partial charge in [-0.2, -0.15) is 0 Å². The minimum absolute atomic E-state index is 0.0890. The van der Waals surface area contributed by atoms with E-state index >= 15 is 0 Å². The Labute approximate surface area is 113 Å². The van der Waals surface area contributed by atoms with Crippen LogP contribution in [0, 0.1) is 0 Å². The first-order valence-electron chi connectivity index (χ1n) is 6.54. The molecule has 5 heteroatoms. The summed E-state index contributed by atoms with van der Waals surface area (Å²) in [5, 5.41) is 3.11. The zero-order chi connectivity index (χ0) is 13.7. The van der Waals surface area contributed by atoms with E-state index < -0.39 is 0 Å². The number of nitrogens with one attached hydrogen (secondary N) is 1. The first-order chi connectivity index (χ1) is 9.20. The van der Waals surface area contributed by atoms with Gasteiger partial charge in [0.15, 0.2) is 11.5 Å². The Hall–Kier alpha value is -1.75. The van der Waals surface area contributed by atoms with E-state index in [9.17, 15) is 4.79 Å². The molecule has 1 aromatic rings. The molecule has 1 heterocycles. The molecule has 1 N–H and O–H groups in total. The van der Waals surface area contributed by atoms with Crippen molar-refractivity contribution in [1.82, 2.24) is 10.2 Å². The van der Waals surface area contributed by atoms with Crippen molar-refractivity contribution in [2.75, 3.05) is 26.9 Å². The molecule has 0 unspecified atom stereocenters. The minimum atomic E-state index is 0.0890. The second-order valence-corrected chi connectivity index (χ2v) is 4.61. The third-order valence-electron chi connectivity index (χ3n) is 2.99. The summed E-state index contributed by atoms with van der Waals surface area (Å²) in [6.45, 7) is 4.17. The summed E-state index contributed by atoms with van der Waals surface area (Å²) >= 11 is 0. The number of benzene rings is 1. The van der Waals surface area contributed by atoms with Crippen LogP contribution in [0.25, 0.3) is 0 Å². The van der Waals surface area contributed by atoms with E-state index in [2.05, 4.69) is 12.2 Å². The van der Waals surface area contributed by atoms with Crippen LogP contribution in [0.1, 0.15) is 18.9 Å². The van der Waals surface area contributed by atoms with E-state index in [0.717, 1.165) is 30.0 Å². The number of hydrogen-bond donors (Lipinski definition) is 1. The number of carbonyl (C=O) groups excluding carboxylic acids is 1. The Morgan fingerprint density at radius 3 is 2.95 bits per heavy atom. The maximum atomic E-state index is 11.9. The average Bonchev–Trinajstić information content (AvgIpc) is 2.86. The monoisotopic (exact) mass is 264 g/mol. The van der Waals surface area contributed by atoms with E-state index in [-0.39, 0.29) is 12.7 Å². The SMILES string of the molecule is CCCNCC(=O)N(C)Cc1ccc2c(c1)OCO2. The smallest absolute Gasteiger partial charge is 0.236 e. The van der Waals surface area contributed by atoms with E-state index in [1.807, 2.05) is 18.2 Å². The summed E-state index contributed by atoms with van der Waals surface area (Å²) < 4.78 is 10.6. The molecule has 5 nitrogen and oxygen atoms in total. The van der Waals surface area contributed by atoms with Gasteiger partial charge in [0, 0.05) is 13.6 Å². The van der Waals surface area contributed by atoms with Crippen LogP contribution in [-0.2, 0) is 11.3 Å². The third-order valence-corrected chi connectivity index (χ3v) is 2.99. The number of likely N-dealkylation sites (N-methyl/N-ethyl adjacent to an activating group) is 1. The molecule has 19 heavy (non-hydrogen) atoms. The summed E-state index contributed by atoms with van der Waals surface area (Å²) in [4.78, 5) is 13.6. The second-order valence-electron chi connectivity index (χ2n) is 4.61. The molecule has 0 radical (unpaired) electrons. The van der Waals surface area contributed by atoms with E-state index in [0.29, 0.717) is 13.1 Å². The fourth-order valence-corrected chi connectivity index (χ4v) is 1.91. The van der Waals surface area contributed by atoms with Gasteiger partial charge in [-0.25, -0.2) is 0 Å². The molecule has 0 fully saturated rings. The fraction of sp³-hybridized carbons (Fsp3) is 0.500. The predicted octanol–water partition coefficient (Wildman–Crippen LogP) is 1.37. The van der Waals surface area contributed by atoms with Gasteiger partial charge in [0.25, 0.3) is 0 Å². The number of amides is 1. The Balaban J connectivity index is 1.88. The largest absolute Gasteiger partial charge is 0.454 e. The van der Waals surface area contributed by atoms with Crippen LogP contribution in [0.15, 0.2) is 18.2 Å². The van der Waals surface area contributed by atoms with Crippen LogP contribution in [0.3, 0.4) is 0 Å². The quantitative estimate of drug-likeness (QED) is 0.789. The molecule has 0 spiro atoms. The lowest BCUT2D eigenvalue weighted by atomic mass is 10.2. The van der Waals surface area contributed by atoms with Crippen molar-refractivity contribution in [3.8, 4) is 11.5 Å².